The topological polar surface area (TPSA) is 58.0 Å². The average Bonchev–Trinajstić information content (AvgIpc) is 2.91. The first-order valence-electron chi connectivity index (χ1n) is 6.58. The van der Waals surface area contributed by atoms with Gasteiger partial charge in [0.05, 0.1) is 5.56 Å². The van der Waals surface area contributed by atoms with Crippen molar-refractivity contribution in [1.82, 2.24) is 4.98 Å². The number of aromatic nitrogens is 1. The predicted octanol–water partition coefficient (Wildman–Crippen LogP) is 3.90. The van der Waals surface area contributed by atoms with E-state index in [-0.39, 0.29) is 16.9 Å². The summed E-state index contributed by atoms with van der Waals surface area (Å²) in [4.78, 5) is 2.82. The zero-order valence-electron chi connectivity index (χ0n) is 11.7. The van der Waals surface area contributed by atoms with Crippen molar-refractivity contribution in [3.8, 4) is 6.07 Å². The fourth-order valence-corrected chi connectivity index (χ4v) is 2.60. The maximum atomic E-state index is 13.4. The second-order valence-electron chi connectivity index (χ2n) is 5.98. The number of rotatable bonds is 1. The van der Waals surface area contributed by atoms with Gasteiger partial charge in [-0.3, -0.25) is 0 Å². The van der Waals surface area contributed by atoms with Gasteiger partial charge in [-0.2, -0.15) is 5.26 Å². The third kappa shape index (κ3) is 2.40. The monoisotopic (exact) mass is 292 g/mol. The molecule has 1 aromatic heterocycles. The molecule has 0 bridgehead atoms. The van der Waals surface area contributed by atoms with Crippen LogP contribution >= 0.6 is 0 Å². The molecule has 0 unspecified atom stereocenters. The highest BCUT2D eigenvalue weighted by Crippen LogP contribution is 2.48. The number of nitrogens with one attached hydrogen (secondary N) is 1. The smallest absolute Gasteiger partial charge is 0.400 e. The van der Waals surface area contributed by atoms with E-state index in [1.54, 1.807) is 6.20 Å². The summed E-state index contributed by atoms with van der Waals surface area (Å²) in [5.41, 5.74) is 1.18. The van der Waals surface area contributed by atoms with Crippen LogP contribution in [0.1, 0.15) is 37.8 Å². The van der Waals surface area contributed by atoms with E-state index in [4.69, 9.17) is 10.00 Å². The maximum absolute atomic E-state index is 13.4. The fraction of sp³-hybridized carbons (Fsp3) is 0.400. The number of halogens is 2. The molecule has 4 nitrogen and oxygen atoms in total. The minimum Gasteiger partial charge on any atom is -0.400 e. The van der Waals surface area contributed by atoms with E-state index in [1.165, 1.54) is 6.20 Å². The van der Waals surface area contributed by atoms with Crippen LogP contribution in [0, 0.1) is 16.7 Å². The van der Waals surface area contributed by atoms with Gasteiger partial charge in [-0.25, -0.2) is 0 Å². The van der Waals surface area contributed by atoms with Crippen LogP contribution in [0.5, 0.6) is 0 Å². The average molecular weight is 292 g/mol. The summed E-state index contributed by atoms with van der Waals surface area (Å²) < 4.78 is 36.2. The molecule has 0 fully saturated rings. The van der Waals surface area contributed by atoms with Gasteiger partial charge in [0.2, 0.25) is 0 Å². The Kier molecular flexibility index (Phi) is 2.84. The van der Waals surface area contributed by atoms with E-state index in [1.807, 2.05) is 26.0 Å². The van der Waals surface area contributed by atoms with Crippen molar-refractivity contribution in [2.45, 2.75) is 33.0 Å². The van der Waals surface area contributed by atoms with E-state index >= 15 is 0 Å². The number of hydrogen-bond acceptors (Lipinski definition) is 3. The predicted molar refractivity (Wildman–Crippen MR) is 70.6 cm³/mol. The van der Waals surface area contributed by atoms with Gasteiger partial charge >= 0.3 is 6.29 Å². The number of ether oxygens (including phenoxy) is 2. The number of aromatic amines is 1. The van der Waals surface area contributed by atoms with Gasteiger partial charge in [-0.15, -0.1) is 8.78 Å². The molecule has 0 amide bonds. The molecule has 0 atom stereocenters. The van der Waals surface area contributed by atoms with Gasteiger partial charge in [-0.05, 0) is 11.8 Å². The number of H-pyrrole nitrogens is 1. The third-order valence-corrected chi connectivity index (χ3v) is 3.61. The number of alkyl halides is 2. The minimum atomic E-state index is -3.65. The van der Waals surface area contributed by atoms with Gasteiger partial charge in [0, 0.05) is 30.0 Å². The Morgan fingerprint density at radius 3 is 2.76 bits per heavy atom. The molecule has 0 radical (unpaired) electrons. The van der Waals surface area contributed by atoms with Crippen LogP contribution in [0.25, 0.3) is 5.57 Å². The van der Waals surface area contributed by atoms with Crippen LogP contribution in [0.4, 0.5) is 8.78 Å². The highest BCUT2D eigenvalue weighted by Gasteiger charge is 2.48. The van der Waals surface area contributed by atoms with Crippen molar-refractivity contribution in [3.63, 3.8) is 0 Å². The maximum Gasteiger partial charge on any atom is 0.585 e. The standard InChI is InChI=1S/C15H14F2N2O2/c1-14(2)4-3-10(11-8-19-7-9(11)6-18)13-12(5-14)20-15(16,17)21-13/h3,7-8,19H,4-5H2,1-2H3. The van der Waals surface area contributed by atoms with Crippen LogP contribution in [0.15, 0.2) is 30.0 Å². The van der Waals surface area contributed by atoms with Gasteiger partial charge in [0.1, 0.15) is 6.07 Å². The van der Waals surface area contributed by atoms with E-state index in [9.17, 15) is 8.78 Å². The summed E-state index contributed by atoms with van der Waals surface area (Å²) in [6, 6.07) is 2.04. The lowest BCUT2D eigenvalue weighted by Crippen LogP contribution is -2.19. The summed E-state index contributed by atoms with van der Waals surface area (Å²) in [5.74, 6) is 0.167. The summed E-state index contributed by atoms with van der Waals surface area (Å²) in [7, 11) is 0. The molecule has 1 aromatic rings. The van der Waals surface area contributed by atoms with Crippen molar-refractivity contribution in [1.29, 1.82) is 5.26 Å². The van der Waals surface area contributed by atoms with E-state index in [0.29, 0.717) is 29.5 Å². The van der Waals surface area contributed by atoms with Crippen LogP contribution < -0.4 is 0 Å². The molecule has 1 aliphatic heterocycles. The lowest BCUT2D eigenvalue weighted by atomic mass is 9.85. The van der Waals surface area contributed by atoms with Crippen molar-refractivity contribution in [2.24, 2.45) is 5.41 Å². The Balaban J connectivity index is 2.12. The molecule has 110 valence electrons. The molecule has 1 N–H and O–H groups in total. The number of hydrogen-bond donors (Lipinski definition) is 1. The van der Waals surface area contributed by atoms with Gasteiger partial charge in [-0.1, -0.05) is 19.9 Å². The highest BCUT2D eigenvalue weighted by atomic mass is 19.3. The molecule has 0 spiro atoms. The zero-order chi connectivity index (χ0) is 15.3. The lowest BCUT2D eigenvalue weighted by molar-refractivity contribution is -0.337. The van der Waals surface area contributed by atoms with Crippen LogP contribution in [-0.4, -0.2) is 11.3 Å². The lowest BCUT2D eigenvalue weighted by Gasteiger charge is -2.22. The Bertz CT molecular complexity index is 693. The van der Waals surface area contributed by atoms with Gasteiger partial charge in [0.15, 0.2) is 11.5 Å². The molecule has 6 heteroatoms. The molecular formula is C15H14F2N2O2. The molecule has 2 heterocycles. The second kappa shape index (κ2) is 4.35. The number of nitrogens with zero attached hydrogens (tertiary/aromatic N) is 1. The summed E-state index contributed by atoms with van der Waals surface area (Å²) in [5, 5.41) is 9.12. The Labute approximate surface area is 120 Å². The van der Waals surface area contributed by atoms with Crippen molar-refractivity contribution in [2.75, 3.05) is 0 Å². The van der Waals surface area contributed by atoms with E-state index in [0.717, 1.165) is 0 Å². The number of allylic oxidation sites excluding steroid dienone is 3. The second-order valence-corrected chi connectivity index (χ2v) is 5.98. The molecule has 21 heavy (non-hydrogen) atoms. The van der Waals surface area contributed by atoms with Crippen molar-refractivity contribution in [3.05, 3.63) is 41.1 Å². The largest absolute Gasteiger partial charge is 0.585 e. The molecular weight excluding hydrogens is 278 g/mol. The SMILES string of the molecule is CC1(C)CC=C(c2c[nH]cc2C#N)C2=C(C1)OC(F)(F)O2. The first-order chi connectivity index (χ1) is 9.81. The Hall–Kier alpha value is -2.29. The zero-order valence-corrected chi connectivity index (χ0v) is 11.7. The van der Waals surface area contributed by atoms with E-state index in [2.05, 4.69) is 9.72 Å². The quantitative estimate of drug-likeness (QED) is 0.854. The normalized spacial score (nSPS) is 22.5. The highest BCUT2D eigenvalue weighted by molar-refractivity contribution is 5.81. The fourth-order valence-electron chi connectivity index (χ4n) is 2.60. The minimum absolute atomic E-state index is 0.0293. The van der Waals surface area contributed by atoms with Crippen molar-refractivity contribution < 1.29 is 18.3 Å². The van der Waals surface area contributed by atoms with Crippen molar-refractivity contribution >= 4 is 5.57 Å². The van der Waals surface area contributed by atoms with Crippen LogP contribution in [0.3, 0.4) is 0 Å². The van der Waals surface area contributed by atoms with E-state index < -0.39 is 6.29 Å². The Morgan fingerprint density at radius 1 is 1.29 bits per heavy atom. The summed E-state index contributed by atoms with van der Waals surface area (Å²) >= 11 is 0. The molecule has 0 saturated heterocycles. The Morgan fingerprint density at radius 2 is 2.05 bits per heavy atom. The van der Waals surface area contributed by atoms with Crippen LogP contribution in [0.2, 0.25) is 0 Å². The first-order valence-corrected chi connectivity index (χ1v) is 6.58. The van der Waals surface area contributed by atoms with Crippen LogP contribution in [-0.2, 0) is 9.47 Å². The molecule has 0 aromatic carbocycles. The molecule has 0 saturated carbocycles. The summed E-state index contributed by atoms with van der Waals surface area (Å²) in [6.07, 6.45) is 2.33. The first kappa shape index (κ1) is 13.7. The third-order valence-electron chi connectivity index (χ3n) is 3.61. The molecule has 2 aliphatic rings. The van der Waals surface area contributed by atoms with Gasteiger partial charge in [0.25, 0.3) is 0 Å². The molecule has 3 rings (SSSR count). The van der Waals surface area contributed by atoms with Gasteiger partial charge < -0.3 is 14.5 Å². The summed E-state index contributed by atoms with van der Waals surface area (Å²) in [6.45, 7) is 3.94. The number of nitriles is 1. The molecule has 1 aliphatic carbocycles.